The predicted molar refractivity (Wildman–Crippen MR) is 49.5 cm³/mol. The van der Waals surface area contributed by atoms with Gasteiger partial charge in [-0.2, -0.15) is 0 Å². The molecule has 1 heterocycles. The van der Waals surface area contributed by atoms with Crippen LogP contribution in [0.2, 0.25) is 0 Å². The van der Waals surface area contributed by atoms with Crippen molar-refractivity contribution in [2.45, 2.75) is 13.0 Å². The SMILES string of the molecule is O=c1c(=O)n1CCc1ccccc1. The number of aromatic nitrogens is 1. The normalized spacial score (nSPS) is 10.8. The highest BCUT2D eigenvalue weighted by atomic mass is 16.2. The summed E-state index contributed by atoms with van der Waals surface area (Å²) in [6, 6.07) is 9.80. The van der Waals surface area contributed by atoms with Gasteiger partial charge in [-0.15, -0.1) is 0 Å². The molecule has 13 heavy (non-hydrogen) atoms. The van der Waals surface area contributed by atoms with Gasteiger partial charge in [0, 0.05) is 6.54 Å². The Morgan fingerprint density at radius 1 is 1.00 bits per heavy atom. The fraction of sp³-hybridized carbons (Fsp3) is 0.200. The van der Waals surface area contributed by atoms with E-state index in [1.165, 1.54) is 4.57 Å². The van der Waals surface area contributed by atoms with Crippen molar-refractivity contribution in [1.82, 2.24) is 4.57 Å². The molecular weight excluding hydrogens is 166 g/mol. The third-order valence-corrected chi connectivity index (χ3v) is 2.09. The van der Waals surface area contributed by atoms with Crippen LogP contribution in [0.4, 0.5) is 0 Å². The van der Waals surface area contributed by atoms with Gasteiger partial charge < -0.3 is 0 Å². The molecule has 2 aromatic rings. The van der Waals surface area contributed by atoms with Gasteiger partial charge in [-0.1, -0.05) is 30.3 Å². The summed E-state index contributed by atoms with van der Waals surface area (Å²) in [6.45, 7) is 0.516. The van der Waals surface area contributed by atoms with Gasteiger partial charge in [0.1, 0.15) is 0 Å². The van der Waals surface area contributed by atoms with E-state index < -0.39 is 0 Å². The van der Waals surface area contributed by atoms with E-state index in [1.807, 2.05) is 30.3 Å². The molecule has 0 fully saturated rings. The minimum atomic E-state index is -0.351. The highest BCUT2D eigenvalue weighted by Crippen LogP contribution is 1.99. The Bertz CT molecular complexity index is 438. The summed E-state index contributed by atoms with van der Waals surface area (Å²) in [5.41, 5.74) is 0.446. The second kappa shape index (κ2) is 3.01. The lowest BCUT2D eigenvalue weighted by atomic mass is 10.2. The number of hydrogen-bond donors (Lipinski definition) is 0. The molecule has 3 heteroatoms. The van der Waals surface area contributed by atoms with Crippen LogP contribution in [-0.4, -0.2) is 4.57 Å². The van der Waals surface area contributed by atoms with Gasteiger partial charge in [0.25, 0.3) is 0 Å². The molecule has 0 radical (unpaired) electrons. The van der Waals surface area contributed by atoms with E-state index >= 15 is 0 Å². The van der Waals surface area contributed by atoms with E-state index in [9.17, 15) is 9.59 Å². The maximum Gasteiger partial charge on any atom is 0.319 e. The predicted octanol–water partition coefficient (Wildman–Crippen LogP) is 0.327. The second-order valence-electron chi connectivity index (χ2n) is 3.00. The average Bonchev–Trinajstić information content (AvgIpc) is 2.73. The molecule has 0 bridgehead atoms. The maximum absolute atomic E-state index is 10.6. The van der Waals surface area contributed by atoms with Crippen LogP contribution in [0.3, 0.4) is 0 Å². The topological polar surface area (TPSA) is 39.1 Å². The molecule has 0 saturated heterocycles. The highest BCUT2D eigenvalue weighted by molar-refractivity contribution is 5.14. The number of aryl methyl sites for hydroxylation is 1. The van der Waals surface area contributed by atoms with Crippen LogP contribution in [0, 0.1) is 0 Å². The first-order chi connectivity index (χ1) is 6.29. The third kappa shape index (κ3) is 1.59. The molecule has 1 aromatic carbocycles. The molecule has 0 saturated carbocycles. The Morgan fingerprint density at radius 3 is 2.15 bits per heavy atom. The first-order valence-corrected chi connectivity index (χ1v) is 4.19. The number of nitrogens with zero attached hydrogens (tertiary/aromatic N) is 1. The van der Waals surface area contributed by atoms with Crippen LogP contribution in [0.1, 0.15) is 5.56 Å². The molecule has 0 spiro atoms. The molecule has 0 aliphatic rings. The van der Waals surface area contributed by atoms with Crippen LogP contribution < -0.4 is 11.1 Å². The van der Waals surface area contributed by atoms with Crippen molar-refractivity contribution in [3.8, 4) is 0 Å². The van der Waals surface area contributed by atoms with E-state index in [0.717, 1.165) is 12.0 Å². The van der Waals surface area contributed by atoms with E-state index in [1.54, 1.807) is 0 Å². The van der Waals surface area contributed by atoms with Crippen molar-refractivity contribution in [2.75, 3.05) is 0 Å². The zero-order chi connectivity index (χ0) is 9.26. The summed E-state index contributed by atoms with van der Waals surface area (Å²) in [6.07, 6.45) is 0.748. The summed E-state index contributed by atoms with van der Waals surface area (Å²) in [5.74, 6) is 0. The van der Waals surface area contributed by atoms with Crippen molar-refractivity contribution in [2.24, 2.45) is 0 Å². The number of benzene rings is 1. The van der Waals surface area contributed by atoms with E-state index in [0.29, 0.717) is 6.54 Å². The molecule has 3 nitrogen and oxygen atoms in total. The van der Waals surface area contributed by atoms with Crippen LogP contribution in [0.5, 0.6) is 0 Å². The smallest absolute Gasteiger partial charge is 0.266 e. The molecular formula is C10H9NO2. The van der Waals surface area contributed by atoms with E-state index in [4.69, 9.17) is 0 Å². The molecule has 0 atom stereocenters. The Hall–Kier alpha value is -1.64. The Labute approximate surface area is 74.9 Å². The molecule has 2 rings (SSSR count). The summed E-state index contributed by atoms with van der Waals surface area (Å²) in [7, 11) is 0. The Balaban J connectivity index is 1.98. The van der Waals surface area contributed by atoms with Crippen molar-refractivity contribution in [1.29, 1.82) is 0 Å². The average molecular weight is 175 g/mol. The first-order valence-electron chi connectivity index (χ1n) is 4.19. The van der Waals surface area contributed by atoms with Gasteiger partial charge >= 0.3 is 11.1 Å². The van der Waals surface area contributed by atoms with Crippen LogP contribution in [0.25, 0.3) is 0 Å². The van der Waals surface area contributed by atoms with Crippen molar-refractivity contribution in [3.63, 3.8) is 0 Å². The van der Waals surface area contributed by atoms with Crippen molar-refractivity contribution in [3.05, 3.63) is 56.6 Å². The zero-order valence-electron chi connectivity index (χ0n) is 7.06. The van der Waals surface area contributed by atoms with Crippen LogP contribution in [0.15, 0.2) is 39.9 Å². The van der Waals surface area contributed by atoms with Crippen LogP contribution in [-0.2, 0) is 13.0 Å². The van der Waals surface area contributed by atoms with Gasteiger partial charge in [0.2, 0.25) is 0 Å². The standard InChI is InChI=1S/C10H9NO2/c12-9-10(13)11(9)7-6-8-4-2-1-3-5-8/h1-5H,6-7H2. The minimum Gasteiger partial charge on any atom is -0.266 e. The lowest BCUT2D eigenvalue weighted by molar-refractivity contribution is 0.738. The summed E-state index contributed by atoms with van der Waals surface area (Å²) in [5, 5.41) is 0. The molecule has 0 aliphatic heterocycles. The Kier molecular flexibility index (Phi) is 1.85. The monoisotopic (exact) mass is 175 g/mol. The van der Waals surface area contributed by atoms with E-state index in [2.05, 4.69) is 0 Å². The minimum absolute atomic E-state index is 0.351. The number of rotatable bonds is 3. The van der Waals surface area contributed by atoms with Gasteiger partial charge in [-0.3, -0.25) is 14.2 Å². The van der Waals surface area contributed by atoms with Crippen molar-refractivity contribution < 1.29 is 0 Å². The van der Waals surface area contributed by atoms with Crippen LogP contribution >= 0.6 is 0 Å². The lowest BCUT2D eigenvalue weighted by Gasteiger charge is -1.96. The maximum atomic E-state index is 10.6. The van der Waals surface area contributed by atoms with Gasteiger partial charge in [-0.25, -0.2) is 0 Å². The quantitative estimate of drug-likeness (QED) is 0.630. The fourth-order valence-electron chi connectivity index (χ4n) is 1.25. The van der Waals surface area contributed by atoms with Crippen molar-refractivity contribution >= 4 is 0 Å². The summed E-state index contributed by atoms with van der Waals surface area (Å²) in [4.78, 5) is 21.2. The molecule has 0 aliphatic carbocycles. The third-order valence-electron chi connectivity index (χ3n) is 2.09. The molecule has 0 unspecified atom stereocenters. The number of hydrogen-bond acceptors (Lipinski definition) is 2. The molecule has 1 aromatic heterocycles. The molecule has 0 N–H and O–H groups in total. The second-order valence-corrected chi connectivity index (χ2v) is 3.00. The summed E-state index contributed by atoms with van der Waals surface area (Å²) >= 11 is 0. The van der Waals surface area contributed by atoms with E-state index in [-0.39, 0.29) is 11.1 Å². The largest absolute Gasteiger partial charge is 0.319 e. The Morgan fingerprint density at radius 2 is 1.62 bits per heavy atom. The lowest BCUT2D eigenvalue weighted by Crippen LogP contribution is -1.99. The molecule has 66 valence electrons. The molecule has 0 amide bonds. The summed E-state index contributed by atoms with van der Waals surface area (Å²) < 4.78 is 1.26. The fourth-order valence-corrected chi connectivity index (χ4v) is 1.25. The van der Waals surface area contributed by atoms with Gasteiger partial charge in [0.05, 0.1) is 0 Å². The van der Waals surface area contributed by atoms with Gasteiger partial charge in [-0.05, 0) is 12.0 Å². The highest BCUT2D eigenvalue weighted by Gasteiger charge is 2.14. The van der Waals surface area contributed by atoms with Gasteiger partial charge in [0.15, 0.2) is 0 Å². The first kappa shape index (κ1) is 7.98. The zero-order valence-corrected chi connectivity index (χ0v) is 7.06.